The molecule has 2 heterocycles. The molecule has 1 saturated heterocycles. The number of nitrogens with one attached hydrogen (secondary N) is 1. The number of fused-ring (bicyclic) bond motifs is 1. The van der Waals surface area contributed by atoms with Gasteiger partial charge in [-0.2, -0.15) is 5.10 Å². The second kappa shape index (κ2) is 8.44. The number of hydrogen-bond donors (Lipinski definition) is 3. The van der Waals surface area contributed by atoms with Crippen LogP contribution in [0.15, 0.2) is 64.9 Å². The summed E-state index contributed by atoms with van der Waals surface area (Å²) in [4.78, 5) is 40.2. The third kappa shape index (κ3) is 4.19. The number of carbonyl (C=O) groups excluding carboxylic acids is 2. The number of rotatable bonds is 5. The van der Waals surface area contributed by atoms with Crippen molar-refractivity contribution in [3.8, 4) is 0 Å². The monoisotopic (exact) mass is 435 g/mol. The fraction of sp³-hybridized carbons (Fsp3) is 0.0952. The summed E-state index contributed by atoms with van der Waals surface area (Å²) in [5.41, 5.74) is 8.10. The maximum atomic E-state index is 12.7. The maximum absolute atomic E-state index is 12.7. The van der Waals surface area contributed by atoms with Crippen molar-refractivity contribution in [1.82, 2.24) is 4.98 Å². The second-order valence-electron chi connectivity index (χ2n) is 6.70. The van der Waals surface area contributed by atoms with Crippen molar-refractivity contribution in [2.45, 2.75) is 11.7 Å². The molecular weight excluding hydrogens is 418 g/mol. The number of aromatic carboxylic acids is 1. The summed E-state index contributed by atoms with van der Waals surface area (Å²) in [5.74, 6) is -1.91. The number of benzene rings is 2. The van der Waals surface area contributed by atoms with Crippen LogP contribution in [0.5, 0.6) is 0 Å². The Morgan fingerprint density at radius 3 is 2.68 bits per heavy atom. The van der Waals surface area contributed by atoms with Crippen molar-refractivity contribution in [3.63, 3.8) is 0 Å². The lowest BCUT2D eigenvalue weighted by Gasteiger charge is -2.14. The van der Waals surface area contributed by atoms with Gasteiger partial charge in [-0.1, -0.05) is 30.0 Å². The summed E-state index contributed by atoms with van der Waals surface area (Å²) in [6, 6.07) is 13.3. The molecule has 0 saturated carbocycles. The molecule has 3 aromatic rings. The number of anilines is 1. The van der Waals surface area contributed by atoms with Crippen LogP contribution >= 0.6 is 11.8 Å². The number of H-pyrrole nitrogens is 1. The number of nitrogens with zero attached hydrogens (tertiary/aromatic N) is 3. The molecule has 9 nitrogen and oxygen atoms in total. The third-order valence-corrected chi connectivity index (χ3v) is 5.69. The highest BCUT2D eigenvalue weighted by molar-refractivity contribution is 8.14. The van der Waals surface area contributed by atoms with Gasteiger partial charge in [0.15, 0.2) is 5.17 Å². The Morgan fingerprint density at radius 2 is 1.94 bits per heavy atom. The number of carboxylic acid groups (broad SMARTS) is 1. The fourth-order valence-corrected chi connectivity index (χ4v) is 4.06. The van der Waals surface area contributed by atoms with E-state index >= 15 is 0 Å². The molecule has 4 rings (SSSR count). The van der Waals surface area contributed by atoms with E-state index in [0.29, 0.717) is 5.69 Å². The molecule has 2 amide bonds. The molecule has 2 aromatic carbocycles. The first kappa shape index (κ1) is 20.4. The molecule has 0 aliphatic carbocycles. The number of aromatic amines is 1. The normalized spacial score (nSPS) is 17.2. The minimum atomic E-state index is -1.09. The number of nitrogens with two attached hydrogens (primary N) is 1. The number of hydrogen-bond acceptors (Lipinski definition) is 6. The Labute approximate surface area is 180 Å². The first-order valence-corrected chi connectivity index (χ1v) is 10.1. The van der Waals surface area contributed by atoms with Gasteiger partial charge in [0, 0.05) is 29.1 Å². The number of para-hydroxylation sites is 1. The highest BCUT2D eigenvalue weighted by atomic mass is 32.2. The molecule has 1 unspecified atom stereocenters. The molecule has 1 aromatic heterocycles. The number of thioether (sulfide) groups is 1. The zero-order valence-corrected chi connectivity index (χ0v) is 16.9. The topological polar surface area (TPSA) is 141 Å². The first-order valence-electron chi connectivity index (χ1n) is 9.23. The first-order chi connectivity index (χ1) is 14.9. The molecule has 0 bridgehead atoms. The van der Waals surface area contributed by atoms with E-state index in [-0.39, 0.29) is 23.1 Å². The molecule has 0 spiro atoms. The van der Waals surface area contributed by atoms with Crippen LogP contribution in [-0.4, -0.2) is 44.5 Å². The van der Waals surface area contributed by atoms with Gasteiger partial charge in [-0.15, -0.1) is 5.10 Å². The molecule has 10 heteroatoms. The van der Waals surface area contributed by atoms with Gasteiger partial charge >= 0.3 is 5.97 Å². The number of carbonyl (C=O) groups is 3. The van der Waals surface area contributed by atoms with Crippen LogP contribution in [0.25, 0.3) is 10.9 Å². The minimum absolute atomic E-state index is 0.0352. The average Bonchev–Trinajstić information content (AvgIpc) is 3.28. The van der Waals surface area contributed by atoms with Crippen molar-refractivity contribution < 1.29 is 19.5 Å². The maximum Gasteiger partial charge on any atom is 0.335 e. The SMILES string of the molecule is N/C(=N\N=C\c1c[nH]c2ccccc12)SC1CC(=O)N(c2ccc(C(=O)O)cc2)C1=O. The molecular formula is C21H17N5O4S. The smallest absolute Gasteiger partial charge is 0.335 e. The van der Waals surface area contributed by atoms with Crippen LogP contribution < -0.4 is 10.6 Å². The van der Waals surface area contributed by atoms with Gasteiger partial charge < -0.3 is 15.8 Å². The van der Waals surface area contributed by atoms with Gasteiger partial charge in [0.25, 0.3) is 0 Å². The molecule has 4 N–H and O–H groups in total. The number of amides is 2. The standard InChI is InChI=1S/C21H17N5O4S/c22-21(25-24-11-13-10-23-16-4-2-1-3-15(13)16)31-17-9-18(27)26(19(17)28)14-7-5-12(6-8-14)20(29)30/h1-8,10-11,17,23H,9H2,(H2,22,25)(H,29,30)/b24-11+. The molecule has 1 fully saturated rings. The lowest BCUT2D eigenvalue weighted by molar-refractivity contribution is -0.121. The van der Waals surface area contributed by atoms with E-state index in [1.165, 1.54) is 24.3 Å². The van der Waals surface area contributed by atoms with Crippen molar-refractivity contribution in [1.29, 1.82) is 0 Å². The molecule has 0 radical (unpaired) electrons. The van der Waals surface area contributed by atoms with Crippen LogP contribution in [-0.2, 0) is 9.59 Å². The lowest BCUT2D eigenvalue weighted by atomic mass is 10.2. The minimum Gasteiger partial charge on any atom is -0.478 e. The second-order valence-corrected chi connectivity index (χ2v) is 7.93. The predicted molar refractivity (Wildman–Crippen MR) is 119 cm³/mol. The quantitative estimate of drug-likeness (QED) is 0.243. The van der Waals surface area contributed by atoms with Gasteiger partial charge in [-0.05, 0) is 30.3 Å². The van der Waals surface area contributed by atoms with Crippen LogP contribution in [0.4, 0.5) is 5.69 Å². The summed E-state index contributed by atoms with van der Waals surface area (Å²) in [6.45, 7) is 0. The Bertz CT molecular complexity index is 1230. The van der Waals surface area contributed by atoms with Gasteiger partial charge in [0.1, 0.15) is 5.25 Å². The molecule has 1 aliphatic heterocycles. The van der Waals surface area contributed by atoms with E-state index in [4.69, 9.17) is 10.8 Å². The van der Waals surface area contributed by atoms with Crippen LogP contribution in [0.1, 0.15) is 22.3 Å². The highest BCUT2D eigenvalue weighted by Crippen LogP contribution is 2.30. The van der Waals surface area contributed by atoms with Gasteiger partial charge in [0.2, 0.25) is 11.8 Å². The fourth-order valence-electron chi connectivity index (χ4n) is 3.24. The van der Waals surface area contributed by atoms with Gasteiger partial charge in [-0.3, -0.25) is 9.59 Å². The lowest BCUT2D eigenvalue weighted by Crippen LogP contribution is -2.31. The predicted octanol–water partition coefficient (Wildman–Crippen LogP) is 2.58. The van der Waals surface area contributed by atoms with Crippen molar-refractivity contribution >= 4 is 57.5 Å². The van der Waals surface area contributed by atoms with Crippen molar-refractivity contribution in [3.05, 3.63) is 65.9 Å². The summed E-state index contributed by atoms with van der Waals surface area (Å²) < 4.78 is 0. The Hall–Kier alpha value is -3.92. The molecule has 156 valence electrons. The van der Waals surface area contributed by atoms with E-state index in [1.807, 2.05) is 24.3 Å². The van der Waals surface area contributed by atoms with E-state index in [2.05, 4.69) is 15.2 Å². The van der Waals surface area contributed by atoms with Crippen molar-refractivity contribution in [2.24, 2.45) is 15.9 Å². The molecule has 1 aliphatic rings. The third-order valence-electron chi connectivity index (χ3n) is 4.72. The summed E-state index contributed by atoms with van der Waals surface area (Å²) in [5, 5.41) is 17.2. The van der Waals surface area contributed by atoms with E-state index in [9.17, 15) is 14.4 Å². The van der Waals surface area contributed by atoms with Gasteiger partial charge in [0.05, 0.1) is 17.5 Å². The van der Waals surface area contributed by atoms with Gasteiger partial charge in [-0.25, -0.2) is 9.69 Å². The van der Waals surface area contributed by atoms with E-state index in [1.54, 1.807) is 12.4 Å². The molecule has 1 atom stereocenters. The summed E-state index contributed by atoms with van der Waals surface area (Å²) in [7, 11) is 0. The number of carboxylic acids is 1. The van der Waals surface area contributed by atoms with Crippen LogP contribution in [0.2, 0.25) is 0 Å². The van der Waals surface area contributed by atoms with Crippen molar-refractivity contribution in [2.75, 3.05) is 4.90 Å². The largest absolute Gasteiger partial charge is 0.478 e. The van der Waals surface area contributed by atoms with Crippen LogP contribution in [0.3, 0.4) is 0 Å². The zero-order chi connectivity index (χ0) is 22.0. The number of aromatic nitrogens is 1. The summed E-state index contributed by atoms with van der Waals surface area (Å²) >= 11 is 0.966. The zero-order valence-electron chi connectivity index (χ0n) is 16.1. The summed E-state index contributed by atoms with van der Waals surface area (Å²) in [6.07, 6.45) is 3.33. The Kier molecular flexibility index (Phi) is 5.54. The molecule has 31 heavy (non-hydrogen) atoms. The van der Waals surface area contributed by atoms with Crippen LogP contribution in [0, 0.1) is 0 Å². The van der Waals surface area contributed by atoms with E-state index in [0.717, 1.165) is 33.1 Å². The Morgan fingerprint density at radius 1 is 1.19 bits per heavy atom. The number of imide groups is 1. The number of amidine groups is 1. The highest BCUT2D eigenvalue weighted by Gasteiger charge is 2.40. The Balaban J connectivity index is 1.43. The average molecular weight is 435 g/mol. The van der Waals surface area contributed by atoms with E-state index < -0.39 is 17.1 Å².